The van der Waals surface area contributed by atoms with Crippen LogP contribution < -0.4 is 10.7 Å². The molecule has 0 amide bonds. The molecule has 1 aromatic heterocycles. The Labute approximate surface area is 155 Å². The number of sulfone groups is 1. The van der Waals surface area contributed by atoms with Crippen LogP contribution in [-0.2, 0) is 15.6 Å². The van der Waals surface area contributed by atoms with Gasteiger partial charge in [0, 0.05) is 28.8 Å². The second kappa shape index (κ2) is 8.06. The van der Waals surface area contributed by atoms with Crippen LogP contribution in [0.1, 0.15) is 15.3 Å². The van der Waals surface area contributed by atoms with Crippen molar-refractivity contribution in [1.82, 2.24) is 10.7 Å². The summed E-state index contributed by atoms with van der Waals surface area (Å²) in [6, 6.07) is 10.9. The Kier molecular flexibility index (Phi) is 6.34. The number of nitrogens with zero attached hydrogens (tertiary/aromatic N) is 1. The van der Waals surface area contributed by atoms with Gasteiger partial charge in [-0.15, -0.1) is 11.3 Å². The monoisotopic (exact) mass is 401 g/mol. The van der Waals surface area contributed by atoms with E-state index in [2.05, 4.69) is 15.8 Å². The van der Waals surface area contributed by atoms with Gasteiger partial charge in [-0.05, 0) is 36.5 Å². The van der Waals surface area contributed by atoms with Gasteiger partial charge in [0.15, 0.2) is 14.9 Å². The van der Waals surface area contributed by atoms with E-state index in [-0.39, 0.29) is 5.75 Å². The van der Waals surface area contributed by atoms with Crippen molar-refractivity contribution in [2.24, 2.45) is 5.10 Å². The summed E-state index contributed by atoms with van der Waals surface area (Å²) in [7, 11) is -1.39. The zero-order valence-corrected chi connectivity index (χ0v) is 16.2. The van der Waals surface area contributed by atoms with Gasteiger partial charge in [-0.3, -0.25) is 5.43 Å². The van der Waals surface area contributed by atoms with Crippen LogP contribution in [0.5, 0.6) is 0 Å². The Morgan fingerprint density at radius 3 is 2.50 bits per heavy atom. The third-order valence-corrected chi connectivity index (χ3v) is 5.57. The van der Waals surface area contributed by atoms with Gasteiger partial charge in [-0.1, -0.05) is 23.7 Å². The number of halogens is 1. The number of thiocarbonyl (C=S) groups is 1. The molecular formula is C15H16ClN3O2S3. The third-order valence-electron chi connectivity index (χ3n) is 2.91. The van der Waals surface area contributed by atoms with Crippen molar-refractivity contribution >= 4 is 55.8 Å². The summed E-state index contributed by atoms with van der Waals surface area (Å²) in [4.78, 5) is 1.59. The minimum Gasteiger partial charge on any atom is -0.364 e. The Balaban J connectivity index is 2.39. The van der Waals surface area contributed by atoms with Gasteiger partial charge in [0.05, 0.1) is 10.6 Å². The van der Waals surface area contributed by atoms with Crippen LogP contribution in [0.15, 0.2) is 41.5 Å². The first-order chi connectivity index (χ1) is 11.3. The van der Waals surface area contributed by atoms with Crippen LogP contribution in [0.2, 0.25) is 5.02 Å². The Morgan fingerprint density at radius 1 is 1.25 bits per heavy atom. The second-order valence-corrected chi connectivity index (χ2v) is 9.15. The highest BCUT2D eigenvalue weighted by Gasteiger charge is 2.13. The highest BCUT2D eigenvalue weighted by molar-refractivity contribution is 7.90. The third kappa shape index (κ3) is 5.55. The molecule has 0 atom stereocenters. The Hall–Kier alpha value is -1.48. The Bertz CT molecular complexity index is 858. The maximum atomic E-state index is 11.5. The standard InChI is InChI=1S/C15H16ClN3O2S3/c1-17-15(22)19-18-14(10-3-5-11(16)6-4-10)13-8-7-12(23-13)9-24(2,20)21/h3-8H,9H2,1-2H3,(H2,17,19,22). The quantitative estimate of drug-likeness (QED) is 0.458. The molecular weight excluding hydrogens is 386 g/mol. The molecule has 1 heterocycles. The molecule has 0 radical (unpaired) electrons. The smallest absolute Gasteiger partial charge is 0.186 e. The van der Waals surface area contributed by atoms with Crippen molar-refractivity contribution in [2.75, 3.05) is 13.3 Å². The summed E-state index contributed by atoms with van der Waals surface area (Å²) in [6.45, 7) is 0. The predicted octanol–water partition coefficient (Wildman–Crippen LogP) is 2.79. The van der Waals surface area contributed by atoms with Crippen molar-refractivity contribution in [2.45, 2.75) is 5.75 Å². The topological polar surface area (TPSA) is 70.6 Å². The molecule has 0 saturated carbocycles. The first-order valence-corrected chi connectivity index (χ1v) is 10.5. The first kappa shape index (κ1) is 18.9. The summed E-state index contributed by atoms with van der Waals surface area (Å²) < 4.78 is 22.9. The van der Waals surface area contributed by atoms with Crippen molar-refractivity contribution in [3.63, 3.8) is 0 Å². The molecule has 2 N–H and O–H groups in total. The number of hydrogen-bond acceptors (Lipinski definition) is 5. The van der Waals surface area contributed by atoms with Gasteiger partial charge >= 0.3 is 0 Å². The molecule has 0 aliphatic rings. The highest BCUT2D eigenvalue weighted by atomic mass is 35.5. The van der Waals surface area contributed by atoms with Gasteiger partial charge in [0.1, 0.15) is 5.71 Å². The van der Waals surface area contributed by atoms with E-state index in [1.165, 1.54) is 17.6 Å². The van der Waals surface area contributed by atoms with Crippen LogP contribution in [0.25, 0.3) is 0 Å². The number of benzene rings is 1. The fraction of sp³-hybridized carbons (Fsp3) is 0.200. The molecule has 0 fully saturated rings. The normalized spacial score (nSPS) is 12.0. The van der Waals surface area contributed by atoms with E-state index in [1.807, 2.05) is 18.2 Å². The molecule has 0 aliphatic carbocycles. The first-order valence-electron chi connectivity index (χ1n) is 6.86. The van der Waals surface area contributed by atoms with Crippen molar-refractivity contribution < 1.29 is 8.42 Å². The lowest BCUT2D eigenvalue weighted by atomic mass is 10.1. The fourth-order valence-corrected chi connectivity index (χ4v) is 4.35. The zero-order valence-electron chi connectivity index (χ0n) is 13.0. The molecule has 0 aliphatic heterocycles. The molecule has 5 nitrogen and oxygen atoms in total. The number of rotatable bonds is 5. The van der Waals surface area contributed by atoms with Crippen LogP contribution >= 0.6 is 35.2 Å². The van der Waals surface area contributed by atoms with Gasteiger partial charge in [-0.25, -0.2) is 8.42 Å². The predicted molar refractivity (Wildman–Crippen MR) is 105 cm³/mol. The lowest BCUT2D eigenvalue weighted by molar-refractivity contribution is 0.601. The summed E-state index contributed by atoms with van der Waals surface area (Å²) >= 11 is 12.4. The lowest BCUT2D eigenvalue weighted by Crippen LogP contribution is -2.29. The Morgan fingerprint density at radius 2 is 1.92 bits per heavy atom. The minimum absolute atomic E-state index is 0.00786. The van der Waals surface area contributed by atoms with Gasteiger partial charge < -0.3 is 5.32 Å². The van der Waals surface area contributed by atoms with Gasteiger partial charge in [0.2, 0.25) is 0 Å². The van der Waals surface area contributed by atoms with Crippen LogP contribution in [-0.4, -0.2) is 32.5 Å². The minimum atomic E-state index is -3.08. The molecule has 0 spiro atoms. The van der Waals surface area contributed by atoms with Crippen LogP contribution in [0, 0.1) is 0 Å². The average Bonchev–Trinajstić information content (AvgIpc) is 2.95. The average molecular weight is 402 g/mol. The number of hydrazone groups is 1. The highest BCUT2D eigenvalue weighted by Crippen LogP contribution is 2.23. The van der Waals surface area contributed by atoms with E-state index in [9.17, 15) is 8.42 Å². The molecule has 24 heavy (non-hydrogen) atoms. The number of hydrogen-bond donors (Lipinski definition) is 2. The zero-order chi connectivity index (χ0) is 17.7. The lowest BCUT2D eigenvalue weighted by Gasteiger charge is -2.07. The van der Waals surface area contributed by atoms with E-state index >= 15 is 0 Å². The summed E-state index contributed by atoms with van der Waals surface area (Å²) in [5.74, 6) is 0.00786. The summed E-state index contributed by atoms with van der Waals surface area (Å²) in [6.07, 6.45) is 1.22. The molecule has 0 unspecified atom stereocenters. The molecule has 0 saturated heterocycles. The number of nitrogens with one attached hydrogen (secondary N) is 2. The van der Waals surface area contributed by atoms with Crippen molar-refractivity contribution in [1.29, 1.82) is 0 Å². The van der Waals surface area contributed by atoms with Crippen molar-refractivity contribution in [3.8, 4) is 0 Å². The van der Waals surface area contributed by atoms with Gasteiger partial charge in [0.25, 0.3) is 0 Å². The van der Waals surface area contributed by atoms with Crippen LogP contribution in [0.3, 0.4) is 0 Å². The van der Waals surface area contributed by atoms with E-state index < -0.39 is 9.84 Å². The molecule has 128 valence electrons. The molecule has 2 aromatic rings. The fourth-order valence-electron chi connectivity index (χ4n) is 1.87. The molecule has 2 rings (SSSR count). The largest absolute Gasteiger partial charge is 0.364 e. The molecule has 0 bridgehead atoms. The maximum Gasteiger partial charge on any atom is 0.186 e. The van der Waals surface area contributed by atoms with Gasteiger partial charge in [-0.2, -0.15) is 5.10 Å². The maximum absolute atomic E-state index is 11.5. The van der Waals surface area contributed by atoms with Crippen molar-refractivity contribution in [3.05, 3.63) is 56.7 Å². The van der Waals surface area contributed by atoms with E-state index in [1.54, 1.807) is 25.2 Å². The molecule has 9 heteroatoms. The number of thiophene rings is 1. The molecule has 1 aromatic carbocycles. The van der Waals surface area contributed by atoms with Crippen LogP contribution in [0.4, 0.5) is 0 Å². The van der Waals surface area contributed by atoms with E-state index in [0.717, 1.165) is 15.3 Å². The summed E-state index contributed by atoms with van der Waals surface area (Å²) in [5, 5.41) is 8.15. The SMILES string of the molecule is CNC(=S)NN=C(c1ccc(Cl)cc1)c1ccc(CS(C)(=O)=O)s1. The van der Waals surface area contributed by atoms with E-state index in [4.69, 9.17) is 23.8 Å². The summed E-state index contributed by atoms with van der Waals surface area (Å²) in [5.41, 5.74) is 4.27. The van der Waals surface area contributed by atoms with E-state index in [0.29, 0.717) is 15.8 Å². The second-order valence-electron chi connectivity index (χ2n) is 4.99.